The molecular weight excluding hydrogens is 394 g/mol. The van der Waals surface area contributed by atoms with Gasteiger partial charge in [0.05, 0.1) is 29.8 Å². The van der Waals surface area contributed by atoms with Crippen LogP contribution in [0, 0.1) is 0 Å². The van der Waals surface area contributed by atoms with Gasteiger partial charge in [-0.15, -0.1) is 0 Å². The molecule has 2 aromatic carbocycles. The maximum atomic E-state index is 12.4. The summed E-state index contributed by atoms with van der Waals surface area (Å²) in [5.41, 5.74) is 0.965. The van der Waals surface area contributed by atoms with Gasteiger partial charge in [0.25, 0.3) is 0 Å². The number of primary sulfonamides is 1. The highest BCUT2D eigenvalue weighted by atomic mass is 35.5. The van der Waals surface area contributed by atoms with Crippen LogP contribution >= 0.6 is 11.6 Å². The predicted molar refractivity (Wildman–Crippen MR) is 104 cm³/mol. The molecule has 1 atom stereocenters. The first-order valence-corrected chi connectivity index (χ1v) is 9.70. The summed E-state index contributed by atoms with van der Waals surface area (Å²) in [6, 6.07) is 8.12. The van der Waals surface area contributed by atoms with E-state index in [1.807, 2.05) is 0 Å². The van der Waals surface area contributed by atoms with Gasteiger partial charge in [0, 0.05) is 17.8 Å². The Morgan fingerprint density at radius 1 is 1.11 bits per heavy atom. The third kappa shape index (κ3) is 5.25. The number of anilines is 2. The van der Waals surface area contributed by atoms with Crippen LogP contribution in [0.25, 0.3) is 0 Å². The van der Waals surface area contributed by atoms with Crippen molar-refractivity contribution in [1.82, 2.24) is 0 Å². The molecule has 2 rings (SSSR count). The molecule has 0 aliphatic heterocycles. The van der Waals surface area contributed by atoms with Crippen LogP contribution in [0.2, 0.25) is 5.02 Å². The van der Waals surface area contributed by atoms with Crippen molar-refractivity contribution in [2.24, 2.45) is 5.14 Å². The lowest BCUT2D eigenvalue weighted by Crippen LogP contribution is -2.32. The Bertz CT molecular complexity index is 932. The number of rotatable bonds is 7. The van der Waals surface area contributed by atoms with E-state index in [0.717, 1.165) is 0 Å². The number of nitrogens with one attached hydrogen (secondary N) is 2. The Morgan fingerprint density at radius 3 is 2.22 bits per heavy atom. The van der Waals surface area contributed by atoms with Gasteiger partial charge < -0.3 is 20.1 Å². The first kappa shape index (κ1) is 20.8. The Morgan fingerprint density at radius 2 is 1.70 bits per heavy atom. The molecule has 10 heteroatoms. The molecule has 146 valence electrons. The van der Waals surface area contributed by atoms with Gasteiger partial charge in [-0.3, -0.25) is 4.79 Å². The summed E-state index contributed by atoms with van der Waals surface area (Å²) < 4.78 is 33.0. The average molecular weight is 414 g/mol. The number of carbonyl (C=O) groups excluding carboxylic acids is 1. The topological polar surface area (TPSA) is 120 Å². The number of hydrogen-bond acceptors (Lipinski definition) is 6. The van der Waals surface area contributed by atoms with Crippen molar-refractivity contribution in [3.05, 3.63) is 41.4 Å². The van der Waals surface area contributed by atoms with Crippen molar-refractivity contribution in [2.75, 3.05) is 24.9 Å². The molecule has 0 aliphatic rings. The van der Waals surface area contributed by atoms with Gasteiger partial charge in [-0.25, -0.2) is 13.6 Å². The molecule has 0 unspecified atom stereocenters. The van der Waals surface area contributed by atoms with E-state index < -0.39 is 16.1 Å². The van der Waals surface area contributed by atoms with E-state index in [9.17, 15) is 13.2 Å². The average Bonchev–Trinajstić information content (AvgIpc) is 2.62. The van der Waals surface area contributed by atoms with E-state index >= 15 is 0 Å². The Labute approximate surface area is 162 Å². The largest absolute Gasteiger partial charge is 0.495 e. The predicted octanol–water partition coefficient (Wildman–Crippen LogP) is 2.44. The van der Waals surface area contributed by atoms with Crippen LogP contribution in [0.4, 0.5) is 11.4 Å². The normalized spacial score (nSPS) is 12.2. The van der Waals surface area contributed by atoms with Crippen LogP contribution in [0.15, 0.2) is 41.3 Å². The molecule has 0 saturated heterocycles. The van der Waals surface area contributed by atoms with Crippen molar-refractivity contribution in [3.63, 3.8) is 0 Å². The Balaban J connectivity index is 2.12. The van der Waals surface area contributed by atoms with Gasteiger partial charge in [-0.2, -0.15) is 0 Å². The maximum absolute atomic E-state index is 12.4. The van der Waals surface area contributed by atoms with Crippen LogP contribution in [-0.4, -0.2) is 34.6 Å². The number of hydrogen-bond donors (Lipinski definition) is 3. The minimum absolute atomic E-state index is 0.0373. The lowest BCUT2D eigenvalue weighted by Gasteiger charge is -2.18. The van der Waals surface area contributed by atoms with Gasteiger partial charge in [0.2, 0.25) is 15.9 Å². The second-order valence-electron chi connectivity index (χ2n) is 5.61. The maximum Gasteiger partial charge on any atom is 0.246 e. The van der Waals surface area contributed by atoms with E-state index in [2.05, 4.69) is 10.6 Å². The van der Waals surface area contributed by atoms with Crippen LogP contribution in [0.1, 0.15) is 6.92 Å². The molecule has 1 amide bonds. The van der Waals surface area contributed by atoms with Crippen LogP contribution in [0.3, 0.4) is 0 Å². The molecule has 0 bridgehead atoms. The van der Waals surface area contributed by atoms with E-state index in [0.29, 0.717) is 27.9 Å². The first-order valence-electron chi connectivity index (χ1n) is 7.77. The number of nitrogens with two attached hydrogens (primary N) is 1. The highest BCUT2D eigenvalue weighted by Gasteiger charge is 2.17. The smallest absolute Gasteiger partial charge is 0.246 e. The van der Waals surface area contributed by atoms with Crippen molar-refractivity contribution >= 4 is 38.9 Å². The molecule has 8 nitrogen and oxygen atoms in total. The number of amides is 1. The van der Waals surface area contributed by atoms with Crippen molar-refractivity contribution < 1.29 is 22.7 Å². The van der Waals surface area contributed by atoms with Gasteiger partial charge in [0.15, 0.2) is 0 Å². The second kappa shape index (κ2) is 8.47. The Kier molecular flexibility index (Phi) is 6.53. The molecule has 27 heavy (non-hydrogen) atoms. The number of methoxy groups -OCH3 is 2. The summed E-state index contributed by atoms with van der Waals surface area (Å²) >= 11 is 6.07. The number of ether oxygens (including phenoxy) is 2. The van der Waals surface area contributed by atoms with Crippen molar-refractivity contribution in [3.8, 4) is 11.5 Å². The lowest BCUT2D eigenvalue weighted by atomic mass is 10.2. The van der Waals surface area contributed by atoms with E-state index in [1.54, 1.807) is 19.1 Å². The third-order valence-electron chi connectivity index (χ3n) is 3.69. The van der Waals surface area contributed by atoms with Crippen LogP contribution < -0.4 is 25.2 Å². The highest BCUT2D eigenvalue weighted by Crippen LogP contribution is 2.36. The monoisotopic (exact) mass is 413 g/mol. The van der Waals surface area contributed by atoms with Crippen molar-refractivity contribution in [1.29, 1.82) is 0 Å². The second-order valence-corrected chi connectivity index (χ2v) is 7.58. The SMILES string of the molecule is COc1cc(N[C@H](C)C(=O)Nc2ccc(S(N)(=O)=O)cc2)c(OC)cc1Cl. The van der Waals surface area contributed by atoms with E-state index in [4.69, 9.17) is 26.2 Å². The van der Waals surface area contributed by atoms with Crippen molar-refractivity contribution in [2.45, 2.75) is 17.9 Å². The fourth-order valence-electron chi connectivity index (χ4n) is 2.25. The fraction of sp³-hybridized carbons (Fsp3) is 0.235. The number of sulfonamides is 1. The Hall–Kier alpha value is -2.49. The number of halogens is 1. The minimum Gasteiger partial charge on any atom is -0.495 e. The fourth-order valence-corrected chi connectivity index (χ4v) is 3.00. The molecule has 0 saturated carbocycles. The minimum atomic E-state index is -3.78. The summed E-state index contributed by atoms with van der Waals surface area (Å²) in [6.07, 6.45) is 0. The van der Waals surface area contributed by atoms with Crippen LogP contribution in [-0.2, 0) is 14.8 Å². The summed E-state index contributed by atoms with van der Waals surface area (Å²) in [6.45, 7) is 1.66. The zero-order valence-corrected chi connectivity index (χ0v) is 16.5. The van der Waals surface area contributed by atoms with Gasteiger partial charge >= 0.3 is 0 Å². The number of carbonyl (C=O) groups is 1. The first-order chi connectivity index (χ1) is 12.7. The molecule has 0 aliphatic carbocycles. The summed E-state index contributed by atoms with van der Waals surface area (Å²) in [4.78, 5) is 12.4. The standard InChI is InChI=1S/C17H20ClN3O5S/c1-10(20-14-9-15(25-2)13(18)8-16(14)26-3)17(22)21-11-4-6-12(7-5-11)27(19,23)24/h4-10,20H,1-3H3,(H,21,22)(H2,19,23,24)/t10-/m1/s1. The molecule has 4 N–H and O–H groups in total. The zero-order valence-electron chi connectivity index (χ0n) is 14.9. The lowest BCUT2D eigenvalue weighted by molar-refractivity contribution is -0.116. The molecule has 0 fully saturated rings. The van der Waals surface area contributed by atoms with Gasteiger partial charge in [0.1, 0.15) is 17.5 Å². The summed E-state index contributed by atoms with van der Waals surface area (Å²) in [7, 11) is -0.812. The molecular formula is C17H20ClN3O5S. The summed E-state index contributed by atoms with van der Waals surface area (Å²) in [5, 5.41) is 11.1. The third-order valence-corrected chi connectivity index (χ3v) is 4.91. The molecule has 0 aromatic heterocycles. The zero-order chi connectivity index (χ0) is 20.2. The van der Waals surface area contributed by atoms with E-state index in [-0.39, 0.29) is 10.8 Å². The number of benzene rings is 2. The molecule has 2 aromatic rings. The van der Waals surface area contributed by atoms with Gasteiger partial charge in [-0.05, 0) is 31.2 Å². The van der Waals surface area contributed by atoms with E-state index in [1.165, 1.54) is 38.5 Å². The van der Waals surface area contributed by atoms with Gasteiger partial charge in [-0.1, -0.05) is 11.6 Å². The highest BCUT2D eigenvalue weighted by molar-refractivity contribution is 7.89. The molecule has 0 heterocycles. The molecule has 0 radical (unpaired) electrons. The van der Waals surface area contributed by atoms with Crippen LogP contribution in [0.5, 0.6) is 11.5 Å². The quantitative estimate of drug-likeness (QED) is 0.641. The molecule has 0 spiro atoms. The summed E-state index contributed by atoms with van der Waals surface area (Å²) in [5.74, 6) is 0.554.